The zero-order valence-electron chi connectivity index (χ0n) is 14.6. The normalized spacial score (nSPS) is 15.3. The van der Waals surface area contributed by atoms with Crippen molar-refractivity contribution in [1.82, 2.24) is 4.98 Å². The Balaban J connectivity index is 1.87. The zero-order chi connectivity index (χ0) is 17.4. The van der Waals surface area contributed by atoms with Gasteiger partial charge < -0.3 is 14.4 Å². The third-order valence-electron chi connectivity index (χ3n) is 5.16. The molecule has 0 bridgehead atoms. The summed E-state index contributed by atoms with van der Waals surface area (Å²) >= 11 is 0. The smallest absolute Gasteiger partial charge is 0.161 e. The Morgan fingerprint density at radius 1 is 1.04 bits per heavy atom. The van der Waals surface area contributed by atoms with Crippen molar-refractivity contribution in [3.63, 3.8) is 0 Å². The van der Waals surface area contributed by atoms with Crippen LogP contribution in [0.1, 0.15) is 36.0 Å². The molecule has 1 saturated heterocycles. The fourth-order valence-corrected chi connectivity index (χ4v) is 3.94. The number of aromatic nitrogens is 1. The lowest BCUT2D eigenvalue weighted by Crippen LogP contribution is -2.31. The SMILES string of the molecule is COc1cc2c(cc1OC)-c1c(cnc(N3CCCCC3)c1C#N)C2. The number of fused-ring (bicyclic) bond motifs is 3. The van der Waals surface area contributed by atoms with E-state index in [4.69, 9.17) is 9.47 Å². The summed E-state index contributed by atoms with van der Waals surface area (Å²) in [5, 5.41) is 9.89. The van der Waals surface area contributed by atoms with Crippen LogP contribution in [0.3, 0.4) is 0 Å². The van der Waals surface area contributed by atoms with Gasteiger partial charge in [0.05, 0.1) is 14.2 Å². The average Bonchev–Trinajstić information content (AvgIpc) is 3.04. The van der Waals surface area contributed by atoms with Gasteiger partial charge in [0, 0.05) is 31.3 Å². The largest absolute Gasteiger partial charge is 0.493 e. The molecule has 0 saturated carbocycles. The van der Waals surface area contributed by atoms with E-state index in [-0.39, 0.29) is 0 Å². The highest BCUT2D eigenvalue weighted by Gasteiger charge is 2.28. The van der Waals surface area contributed by atoms with Crippen LogP contribution in [0.5, 0.6) is 11.5 Å². The summed E-state index contributed by atoms with van der Waals surface area (Å²) in [5.74, 6) is 2.23. The van der Waals surface area contributed by atoms with Crippen LogP contribution in [0.2, 0.25) is 0 Å². The van der Waals surface area contributed by atoms with E-state index in [1.165, 1.54) is 6.42 Å². The number of benzene rings is 1. The summed E-state index contributed by atoms with van der Waals surface area (Å²) in [6.45, 7) is 1.94. The molecule has 1 aromatic carbocycles. The standard InChI is InChI=1S/C20H21N3O2/c1-24-17-9-13-8-14-12-22-20(23-6-4-3-5-7-23)16(11-21)19(14)15(13)10-18(17)25-2/h9-10,12H,3-8H2,1-2H3. The van der Waals surface area contributed by atoms with Gasteiger partial charge in [0.1, 0.15) is 17.5 Å². The van der Waals surface area contributed by atoms with Gasteiger partial charge in [-0.05, 0) is 48.1 Å². The van der Waals surface area contributed by atoms with Crippen molar-refractivity contribution in [2.75, 3.05) is 32.2 Å². The minimum absolute atomic E-state index is 0.686. The predicted molar refractivity (Wildman–Crippen MR) is 96.4 cm³/mol. The van der Waals surface area contributed by atoms with Gasteiger partial charge >= 0.3 is 0 Å². The number of rotatable bonds is 3. The second kappa shape index (κ2) is 6.29. The van der Waals surface area contributed by atoms with E-state index in [1.54, 1.807) is 14.2 Å². The van der Waals surface area contributed by atoms with Crippen LogP contribution in [-0.2, 0) is 6.42 Å². The first-order valence-electron chi connectivity index (χ1n) is 8.69. The molecule has 25 heavy (non-hydrogen) atoms. The highest BCUT2D eigenvalue weighted by molar-refractivity contribution is 5.86. The van der Waals surface area contributed by atoms with Gasteiger partial charge in [-0.15, -0.1) is 0 Å². The molecular formula is C20H21N3O2. The quantitative estimate of drug-likeness (QED) is 0.733. The Kier molecular flexibility index (Phi) is 3.96. The third-order valence-corrected chi connectivity index (χ3v) is 5.16. The molecular weight excluding hydrogens is 314 g/mol. The fourth-order valence-electron chi connectivity index (χ4n) is 3.94. The lowest BCUT2D eigenvalue weighted by atomic mass is 10.00. The van der Waals surface area contributed by atoms with Crippen molar-refractivity contribution in [1.29, 1.82) is 5.26 Å². The predicted octanol–water partition coefficient (Wildman–Crippen LogP) is 3.53. The molecule has 5 nitrogen and oxygen atoms in total. The number of methoxy groups -OCH3 is 2. The van der Waals surface area contributed by atoms with E-state index >= 15 is 0 Å². The minimum Gasteiger partial charge on any atom is -0.493 e. The van der Waals surface area contributed by atoms with Gasteiger partial charge in [0.2, 0.25) is 0 Å². The molecule has 0 N–H and O–H groups in total. The maximum Gasteiger partial charge on any atom is 0.161 e. The van der Waals surface area contributed by atoms with Crippen molar-refractivity contribution < 1.29 is 9.47 Å². The Hall–Kier alpha value is -2.74. The second-order valence-corrected chi connectivity index (χ2v) is 6.56. The molecule has 1 aliphatic heterocycles. The first-order valence-corrected chi connectivity index (χ1v) is 8.69. The molecule has 4 rings (SSSR count). The Morgan fingerprint density at radius 2 is 1.76 bits per heavy atom. The van der Waals surface area contributed by atoms with Crippen LogP contribution in [-0.4, -0.2) is 32.3 Å². The van der Waals surface area contributed by atoms with Gasteiger partial charge in [0.15, 0.2) is 11.5 Å². The number of nitriles is 1. The van der Waals surface area contributed by atoms with Crippen molar-refractivity contribution in [3.05, 3.63) is 35.0 Å². The number of pyridine rings is 1. The van der Waals surface area contributed by atoms with Crippen molar-refractivity contribution in [3.8, 4) is 28.7 Å². The molecule has 0 radical (unpaired) electrons. The van der Waals surface area contributed by atoms with Crippen LogP contribution >= 0.6 is 0 Å². The number of anilines is 1. The van der Waals surface area contributed by atoms with E-state index in [2.05, 4.69) is 16.0 Å². The van der Waals surface area contributed by atoms with E-state index in [1.807, 2.05) is 18.3 Å². The number of nitrogens with zero attached hydrogens (tertiary/aromatic N) is 3. The van der Waals surface area contributed by atoms with Crippen molar-refractivity contribution >= 4 is 5.82 Å². The van der Waals surface area contributed by atoms with E-state index in [0.29, 0.717) is 11.3 Å². The highest BCUT2D eigenvalue weighted by atomic mass is 16.5. The van der Waals surface area contributed by atoms with Crippen molar-refractivity contribution in [2.24, 2.45) is 0 Å². The maximum atomic E-state index is 9.89. The van der Waals surface area contributed by atoms with E-state index in [0.717, 1.165) is 66.2 Å². The molecule has 5 heteroatoms. The first kappa shape index (κ1) is 15.8. The number of hydrogen-bond donors (Lipinski definition) is 0. The molecule has 1 aromatic heterocycles. The number of piperidine rings is 1. The van der Waals surface area contributed by atoms with E-state index in [9.17, 15) is 5.26 Å². The molecule has 0 amide bonds. The second-order valence-electron chi connectivity index (χ2n) is 6.56. The minimum atomic E-state index is 0.686. The van der Waals surface area contributed by atoms with Crippen LogP contribution in [0.25, 0.3) is 11.1 Å². The molecule has 2 aromatic rings. The van der Waals surface area contributed by atoms with Gasteiger partial charge in [-0.2, -0.15) is 5.26 Å². The summed E-state index contributed by atoms with van der Waals surface area (Å²) in [6.07, 6.45) is 6.27. The molecule has 2 aliphatic rings. The maximum absolute atomic E-state index is 9.89. The molecule has 1 aliphatic carbocycles. The summed E-state index contributed by atoms with van der Waals surface area (Å²) in [6, 6.07) is 6.42. The van der Waals surface area contributed by atoms with Crippen LogP contribution in [0.4, 0.5) is 5.82 Å². The summed E-state index contributed by atoms with van der Waals surface area (Å²) in [5.41, 5.74) is 5.01. The molecule has 0 spiro atoms. The third kappa shape index (κ3) is 2.49. The van der Waals surface area contributed by atoms with Gasteiger partial charge in [-0.3, -0.25) is 0 Å². The lowest BCUT2D eigenvalue weighted by Gasteiger charge is -2.29. The molecule has 2 heterocycles. The average molecular weight is 335 g/mol. The molecule has 0 unspecified atom stereocenters. The highest BCUT2D eigenvalue weighted by Crippen LogP contribution is 2.45. The molecule has 0 atom stereocenters. The number of hydrogen-bond acceptors (Lipinski definition) is 5. The van der Waals surface area contributed by atoms with Gasteiger partial charge in [0.25, 0.3) is 0 Å². The topological polar surface area (TPSA) is 58.4 Å². The summed E-state index contributed by atoms with van der Waals surface area (Å²) in [7, 11) is 3.28. The van der Waals surface area contributed by atoms with Crippen LogP contribution in [0, 0.1) is 11.3 Å². The molecule has 128 valence electrons. The van der Waals surface area contributed by atoms with Crippen molar-refractivity contribution in [2.45, 2.75) is 25.7 Å². The van der Waals surface area contributed by atoms with E-state index < -0.39 is 0 Å². The number of ether oxygens (including phenoxy) is 2. The zero-order valence-corrected chi connectivity index (χ0v) is 14.6. The van der Waals surface area contributed by atoms with Gasteiger partial charge in [-0.1, -0.05) is 0 Å². The monoisotopic (exact) mass is 335 g/mol. The summed E-state index contributed by atoms with van der Waals surface area (Å²) < 4.78 is 10.9. The fraction of sp³-hybridized carbons (Fsp3) is 0.400. The molecule has 1 fully saturated rings. The van der Waals surface area contributed by atoms with Gasteiger partial charge in [-0.25, -0.2) is 4.98 Å². The summed E-state index contributed by atoms with van der Waals surface area (Å²) in [4.78, 5) is 6.91. The lowest BCUT2D eigenvalue weighted by molar-refractivity contribution is 0.355. The van der Waals surface area contributed by atoms with Crippen LogP contribution < -0.4 is 14.4 Å². The first-order chi connectivity index (χ1) is 12.3. The Labute approximate surface area is 147 Å². The Bertz CT molecular complexity index is 864. The Morgan fingerprint density at radius 3 is 2.44 bits per heavy atom. The van der Waals surface area contributed by atoms with Crippen LogP contribution in [0.15, 0.2) is 18.3 Å².